The molecular weight excluding hydrogens is 282 g/mol. The summed E-state index contributed by atoms with van der Waals surface area (Å²) in [6.07, 6.45) is 10.5. The van der Waals surface area contributed by atoms with Crippen LogP contribution in [-0.2, 0) is 26.2 Å². The molecule has 0 amide bonds. The summed E-state index contributed by atoms with van der Waals surface area (Å²) in [5, 5.41) is 0. The smallest absolute Gasteiger partial charge is 0 e. The molecule has 3 heteroatoms. The van der Waals surface area contributed by atoms with Crippen LogP contribution in [0.15, 0.2) is 17.2 Å². The second-order valence-corrected chi connectivity index (χ2v) is 2.85. The van der Waals surface area contributed by atoms with Gasteiger partial charge in [0.1, 0.15) is 0 Å². The van der Waals surface area contributed by atoms with Crippen LogP contribution in [0.1, 0.15) is 39.5 Å². The van der Waals surface area contributed by atoms with Crippen molar-refractivity contribution in [2.75, 3.05) is 0 Å². The van der Waals surface area contributed by atoms with Gasteiger partial charge in [-0.25, -0.2) is 11.1 Å². The Morgan fingerprint density at radius 3 is 2.38 bits per heavy atom. The maximum absolute atomic E-state index is 3.37. The Morgan fingerprint density at radius 1 is 1.38 bits per heavy atom. The third-order valence-corrected chi connectivity index (χ3v) is 1.98. The molecule has 0 N–H and O–H groups in total. The van der Waals surface area contributed by atoms with Gasteiger partial charge in [-0.05, 0) is 0 Å². The molecule has 0 saturated heterocycles. The SMILES string of the molecule is CCCCC1=[C-]CC=C1C.Cl.Cl.[Zr]. The molecule has 0 nitrogen and oxygen atoms in total. The van der Waals surface area contributed by atoms with E-state index in [9.17, 15) is 0 Å². The molecule has 0 aliphatic heterocycles. The average molecular weight is 299 g/mol. The fraction of sp³-hybridized carbons (Fsp3) is 0.600. The van der Waals surface area contributed by atoms with Crippen LogP contribution >= 0.6 is 24.8 Å². The summed E-state index contributed by atoms with van der Waals surface area (Å²) in [4.78, 5) is 0. The first-order chi connectivity index (χ1) is 4.84. The van der Waals surface area contributed by atoms with E-state index in [4.69, 9.17) is 0 Å². The van der Waals surface area contributed by atoms with Gasteiger partial charge in [-0.2, -0.15) is 6.08 Å². The Balaban J connectivity index is -0.000000333. The van der Waals surface area contributed by atoms with E-state index in [0.717, 1.165) is 6.42 Å². The molecule has 0 aromatic heterocycles. The number of unbranched alkanes of at least 4 members (excludes halogenated alkanes) is 1. The number of allylic oxidation sites excluding steroid dienone is 4. The van der Waals surface area contributed by atoms with E-state index in [2.05, 4.69) is 26.0 Å². The van der Waals surface area contributed by atoms with Crippen LogP contribution in [-0.4, -0.2) is 0 Å². The van der Waals surface area contributed by atoms with E-state index in [1.165, 1.54) is 30.4 Å². The van der Waals surface area contributed by atoms with Gasteiger partial charge < -0.3 is 0 Å². The van der Waals surface area contributed by atoms with E-state index in [0.29, 0.717) is 0 Å². The minimum absolute atomic E-state index is 0. The Bertz CT molecular complexity index is 174. The molecule has 1 aliphatic rings. The predicted octanol–water partition coefficient (Wildman–Crippen LogP) is 4.10. The minimum atomic E-state index is 0. The molecule has 0 aromatic carbocycles. The van der Waals surface area contributed by atoms with E-state index >= 15 is 0 Å². The van der Waals surface area contributed by atoms with Crippen molar-refractivity contribution >= 4 is 24.8 Å². The molecule has 0 radical (unpaired) electrons. The molecule has 0 fully saturated rings. The van der Waals surface area contributed by atoms with Gasteiger partial charge in [-0.1, -0.05) is 26.2 Å². The summed E-state index contributed by atoms with van der Waals surface area (Å²) in [5.41, 5.74) is 2.91. The number of hydrogen-bond donors (Lipinski definition) is 0. The van der Waals surface area contributed by atoms with Crippen LogP contribution < -0.4 is 0 Å². The summed E-state index contributed by atoms with van der Waals surface area (Å²) < 4.78 is 0. The first-order valence-corrected chi connectivity index (χ1v) is 4.11. The molecule has 1 aliphatic carbocycles. The van der Waals surface area contributed by atoms with Gasteiger partial charge in [0.05, 0.1) is 0 Å². The Hall–Kier alpha value is 0.943. The topological polar surface area (TPSA) is 0 Å². The van der Waals surface area contributed by atoms with Crippen molar-refractivity contribution in [3.8, 4) is 0 Å². The molecule has 0 spiro atoms. The third-order valence-electron chi connectivity index (χ3n) is 1.98. The molecular formula is C10H17Cl2Zr-. The van der Waals surface area contributed by atoms with Gasteiger partial charge in [0.15, 0.2) is 0 Å². The summed E-state index contributed by atoms with van der Waals surface area (Å²) >= 11 is 0. The zero-order chi connectivity index (χ0) is 7.40. The zero-order valence-electron chi connectivity index (χ0n) is 8.22. The fourth-order valence-electron chi connectivity index (χ4n) is 1.23. The number of halogens is 2. The molecule has 0 aromatic rings. The van der Waals surface area contributed by atoms with Crippen molar-refractivity contribution in [3.63, 3.8) is 0 Å². The third kappa shape index (κ3) is 6.94. The summed E-state index contributed by atoms with van der Waals surface area (Å²) in [6, 6.07) is 0. The molecule has 0 heterocycles. The van der Waals surface area contributed by atoms with E-state index in [1.54, 1.807) is 0 Å². The number of rotatable bonds is 3. The second kappa shape index (κ2) is 11.0. The van der Waals surface area contributed by atoms with Crippen LogP contribution in [0.4, 0.5) is 0 Å². The number of hydrogen-bond acceptors (Lipinski definition) is 0. The van der Waals surface area contributed by atoms with E-state index < -0.39 is 0 Å². The summed E-state index contributed by atoms with van der Waals surface area (Å²) in [7, 11) is 0. The standard InChI is InChI=1S/C10H15.2ClH.Zr/c1-3-4-7-10-8-5-6-9(10)2;;;/h6H,3-5,7H2,1-2H3;2*1H;/q-1;;;. The average Bonchev–Trinajstić information content (AvgIpc) is 2.31. The normalized spacial score (nSPS) is 13.1. The van der Waals surface area contributed by atoms with Crippen LogP contribution in [0.5, 0.6) is 0 Å². The van der Waals surface area contributed by atoms with E-state index in [1.807, 2.05) is 0 Å². The van der Waals surface area contributed by atoms with E-state index in [-0.39, 0.29) is 51.0 Å². The Morgan fingerprint density at radius 2 is 2.00 bits per heavy atom. The molecule has 0 unspecified atom stereocenters. The molecule has 13 heavy (non-hydrogen) atoms. The molecule has 76 valence electrons. The van der Waals surface area contributed by atoms with Crippen LogP contribution in [0.3, 0.4) is 0 Å². The van der Waals surface area contributed by atoms with Crippen molar-refractivity contribution in [1.29, 1.82) is 0 Å². The zero-order valence-corrected chi connectivity index (χ0v) is 12.3. The minimum Gasteiger partial charge on any atom is -0.269 e. The monoisotopic (exact) mass is 297 g/mol. The maximum Gasteiger partial charge on any atom is 0 e. The van der Waals surface area contributed by atoms with Gasteiger partial charge in [0.25, 0.3) is 0 Å². The van der Waals surface area contributed by atoms with Crippen molar-refractivity contribution < 1.29 is 26.2 Å². The van der Waals surface area contributed by atoms with Crippen LogP contribution in [0, 0.1) is 6.08 Å². The van der Waals surface area contributed by atoms with Crippen LogP contribution in [0.25, 0.3) is 0 Å². The fourth-order valence-corrected chi connectivity index (χ4v) is 1.23. The largest absolute Gasteiger partial charge is 0.269 e. The van der Waals surface area contributed by atoms with Gasteiger partial charge in [-0.3, -0.25) is 6.08 Å². The molecule has 1 rings (SSSR count). The quantitative estimate of drug-likeness (QED) is 0.688. The van der Waals surface area contributed by atoms with Gasteiger partial charge in [-0.15, -0.1) is 38.2 Å². The Labute approximate surface area is 113 Å². The molecule has 0 bridgehead atoms. The summed E-state index contributed by atoms with van der Waals surface area (Å²) in [5.74, 6) is 0. The maximum atomic E-state index is 3.37. The summed E-state index contributed by atoms with van der Waals surface area (Å²) in [6.45, 7) is 4.42. The second-order valence-electron chi connectivity index (χ2n) is 2.85. The van der Waals surface area contributed by atoms with Crippen molar-refractivity contribution in [3.05, 3.63) is 23.3 Å². The van der Waals surface area contributed by atoms with Gasteiger partial charge in [0.2, 0.25) is 0 Å². The van der Waals surface area contributed by atoms with Crippen molar-refractivity contribution in [2.24, 2.45) is 0 Å². The van der Waals surface area contributed by atoms with Crippen molar-refractivity contribution in [1.82, 2.24) is 0 Å². The predicted molar refractivity (Wildman–Crippen MR) is 59.2 cm³/mol. The van der Waals surface area contributed by atoms with Crippen LogP contribution in [0.2, 0.25) is 0 Å². The first kappa shape index (κ1) is 19.5. The van der Waals surface area contributed by atoms with Gasteiger partial charge >= 0.3 is 0 Å². The van der Waals surface area contributed by atoms with Gasteiger partial charge in [0, 0.05) is 26.2 Å². The first-order valence-electron chi connectivity index (χ1n) is 4.11. The Kier molecular flexibility index (Phi) is 16.5. The molecule has 0 saturated carbocycles. The molecule has 0 atom stereocenters. The van der Waals surface area contributed by atoms with Crippen molar-refractivity contribution in [2.45, 2.75) is 39.5 Å².